The van der Waals surface area contributed by atoms with Crippen molar-refractivity contribution >= 4 is 27.5 Å². The molecule has 0 aliphatic carbocycles. The zero-order valence-corrected chi connectivity index (χ0v) is 17.2. The normalized spacial score (nSPS) is 11.0. The Morgan fingerprint density at radius 2 is 1.55 bits per heavy atom. The fourth-order valence-corrected chi connectivity index (χ4v) is 3.95. The van der Waals surface area contributed by atoms with Crippen LogP contribution in [0.25, 0.3) is 32.9 Å². The summed E-state index contributed by atoms with van der Waals surface area (Å²) < 4.78 is 5.29. The molecule has 0 aliphatic heterocycles. The van der Waals surface area contributed by atoms with Gasteiger partial charge in [0.2, 0.25) is 0 Å². The van der Waals surface area contributed by atoms with E-state index >= 15 is 0 Å². The predicted octanol–water partition coefficient (Wildman–Crippen LogP) is 6.49. The van der Waals surface area contributed by atoms with E-state index in [1.165, 1.54) is 0 Å². The van der Waals surface area contributed by atoms with Crippen molar-refractivity contribution in [3.8, 4) is 17.0 Å². The predicted molar refractivity (Wildman–Crippen MR) is 126 cm³/mol. The van der Waals surface area contributed by atoms with E-state index in [1.807, 2.05) is 97.1 Å². The summed E-state index contributed by atoms with van der Waals surface area (Å²) in [6, 6.07) is 31.8. The summed E-state index contributed by atoms with van der Waals surface area (Å²) in [4.78, 5) is 18.0. The highest BCUT2D eigenvalue weighted by atomic mass is 16.5. The second kappa shape index (κ2) is 8.04. The van der Waals surface area contributed by atoms with Gasteiger partial charge in [-0.15, -0.1) is 0 Å². The average molecular weight is 403 g/mol. The standard InChI is InChI=1S/C28H21NO2/c1-31-24-14-13-20-15-22(12-11-21(20)16-24)28(30)18-23-17-27(19-7-3-2-4-8-19)29-26-10-6-5-9-25(23)26/h2-17H,18H2,1H3. The van der Waals surface area contributed by atoms with Gasteiger partial charge in [0.1, 0.15) is 5.75 Å². The van der Waals surface area contributed by atoms with Crippen molar-refractivity contribution in [1.82, 2.24) is 4.98 Å². The number of carbonyl (C=O) groups excluding carboxylic acids is 1. The Morgan fingerprint density at radius 1 is 0.806 bits per heavy atom. The van der Waals surface area contributed by atoms with E-state index in [4.69, 9.17) is 9.72 Å². The third-order valence-electron chi connectivity index (χ3n) is 5.59. The molecule has 150 valence electrons. The first-order chi connectivity index (χ1) is 15.2. The molecule has 5 rings (SSSR count). The monoisotopic (exact) mass is 403 g/mol. The molecule has 1 aromatic heterocycles. The van der Waals surface area contributed by atoms with Gasteiger partial charge in [-0.3, -0.25) is 4.79 Å². The molecule has 31 heavy (non-hydrogen) atoms. The lowest BCUT2D eigenvalue weighted by atomic mass is 9.96. The van der Waals surface area contributed by atoms with Crippen LogP contribution in [0.3, 0.4) is 0 Å². The van der Waals surface area contributed by atoms with Gasteiger partial charge in [0, 0.05) is 22.9 Å². The number of Topliss-reactive ketones (excluding diaryl/α,β-unsaturated/α-hetero) is 1. The summed E-state index contributed by atoms with van der Waals surface area (Å²) in [7, 11) is 1.65. The van der Waals surface area contributed by atoms with Crippen molar-refractivity contribution < 1.29 is 9.53 Å². The summed E-state index contributed by atoms with van der Waals surface area (Å²) in [5, 5.41) is 3.09. The van der Waals surface area contributed by atoms with Gasteiger partial charge in [-0.25, -0.2) is 4.98 Å². The number of fused-ring (bicyclic) bond motifs is 2. The molecule has 0 unspecified atom stereocenters. The van der Waals surface area contributed by atoms with Crippen LogP contribution in [0.4, 0.5) is 0 Å². The number of rotatable bonds is 5. The quantitative estimate of drug-likeness (QED) is 0.315. The maximum absolute atomic E-state index is 13.2. The molecule has 3 heteroatoms. The highest BCUT2D eigenvalue weighted by Gasteiger charge is 2.13. The zero-order valence-electron chi connectivity index (χ0n) is 17.2. The van der Waals surface area contributed by atoms with Gasteiger partial charge >= 0.3 is 0 Å². The lowest BCUT2D eigenvalue weighted by Gasteiger charge is -2.10. The van der Waals surface area contributed by atoms with E-state index in [0.717, 1.165) is 44.2 Å². The number of methoxy groups -OCH3 is 1. The Hall–Kier alpha value is -3.98. The Balaban J connectivity index is 1.53. The van der Waals surface area contributed by atoms with E-state index in [-0.39, 0.29) is 5.78 Å². The summed E-state index contributed by atoms with van der Waals surface area (Å²) in [6.45, 7) is 0. The Kier molecular flexibility index (Phi) is 4.93. The van der Waals surface area contributed by atoms with Crippen LogP contribution in [-0.4, -0.2) is 17.9 Å². The largest absolute Gasteiger partial charge is 0.497 e. The van der Waals surface area contributed by atoms with Gasteiger partial charge in [0.05, 0.1) is 18.3 Å². The minimum Gasteiger partial charge on any atom is -0.497 e. The molecule has 0 bridgehead atoms. The third-order valence-corrected chi connectivity index (χ3v) is 5.59. The fraction of sp³-hybridized carbons (Fsp3) is 0.0714. The van der Waals surface area contributed by atoms with E-state index in [1.54, 1.807) is 7.11 Å². The molecule has 0 fully saturated rings. The first kappa shape index (κ1) is 19.0. The molecule has 0 aliphatic rings. The third kappa shape index (κ3) is 3.78. The topological polar surface area (TPSA) is 39.2 Å². The Labute approximate surface area is 180 Å². The number of benzene rings is 4. The van der Waals surface area contributed by atoms with Gasteiger partial charge in [0.15, 0.2) is 5.78 Å². The lowest BCUT2D eigenvalue weighted by molar-refractivity contribution is 0.0993. The van der Waals surface area contributed by atoms with Crippen molar-refractivity contribution in [3.05, 3.63) is 108 Å². The van der Waals surface area contributed by atoms with Crippen molar-refractivity contribution in [2.75, 3.05) is 7.11 Å². The number of ether oxygens (including phenoxy) is 1. The molecule has 0 saturated carbocycles. The lowest BCUT2D eigenvalue weighted by Crippen LogP contribution is -2.05. The van der Waals surface area contributed by atoms with E-state index in [0.29, 0.717) is 12.0 Å². The van der Waals surface area contributed by atoms with Crippen LogP contribution in [-0.2, 0) is 6.42 Å². The van der Waals surface area contributed by atoms with Crippen LogP contribution >= 0.6 is 0 Å². The summed E-state index contributed by atoms with van der Waals surface area (Å²) in [6.07, 6.45) is 0.324. The summed E-state index contributed by atoms with van der Waals surface area (Å²) in [5.74, 6) is 0.899. The van der Waals surface area contributed by atoms with E-state index in [2.05, 4.69) is 0 Å². The van der Waals surface area contributed by atoms with Crippen LogP contribution in [0.1, 0.15) is 15.9 Å². The molecule has 1 heterocycles. The van der Waals surface area contributed by atoms with Crippen LogP contribution in [0, 0.1) is 0 Å². The minimum atomic E-state index is 0.0908. The maximum atomic E-state index is 13.2. The van der Waals surface area contributed by atoms with Gasteiger partial charge in [-0.05, 0) is 46.7 Å². The van der Waals surface area contributed by atoms with Crippen LogP contribution in [0.15, 0.2) is 97.1 Å². The number of ketones is 1. The van der Waals surface area contributed by atoms with Gasteiger partial charge in [-0.1, -0.05) is 66.7 Å². The molecule has 0 spiro atoms. The number of carbonyl (C=O) groups is 1. The molecule has 5 aromatic rings. The fourth-order valence-electron chi connectivity index (χ4n) is 3.95. The zero-order chi connectivity index (χ0) is 21.2. The van der Waals surface area contributed by atoms with Crippen molar-refractivity contribution in [1.29, 1.82) is 0 Å². The molecule has 4 aromatic carbocycles. The highest BCUT2D eigenvalue weighted by molar-refractivity contribution is 6.03. The number of aromatic nitrogens is 1. The SMILES string of the molecule is COc1ccc2cc(C(=O)Cc3cc(-c4ccccc4)nc4ccccc34)ccc2c1. The number of para-hydroxylation sites is 1. The number of hydrogen-bond donors (Lipinski definition) is 0. The molecular formula is C28H21NO2. The van der Waals surface area contributed by atoms with Gasteiger partial charge in [0.25, 0.3) is 0 Å². The van der Waals surface area contributed by atoms with Crippen LogP contribution < -0.4 is 4.74 Å². The number of pyridine rings is 1. The molecule has 0 saturated heterocycles. The van der Waals surface area contributed by atoms with Crippen LogP contribution in [0.2, 0.25) is 0 Å². The first-order valence-corrected chi connectivity index (χ1v) is 10.3. The number of hydrogen-bond acceptors (Lipinski definition) is 3. The average Bonchev–Trinajstić information content (AvgIpc) is 2.83. The smallest absolute Gasteiger partial charge is 0.167 e. The Morgan fingerprint density at radius 3 is 2.39 bits per heavy atom. The first-order valence-electron chi connectivity index (χ1n) is 10.3. The van der Waals surface area contributed by atoms with Crippen molar-refractivity contribution in [2.45, 2.75) is 6.42 Å². The second-order valence-electron chi connectivity index (χ2n) is 7.58. The van der Waals surface area contributed by atoms with Gasteiger partial charge in [-0.2, -0.15) is 0 Å². The van der Waals surface area contributed by atoms with Crippen LogP contribution in [0.5, 0.6) is 5.75 Å². The minimum absolute atomic E-state index is 0.0908. The van der Waals surface area contributed by atoms with Gasteiger partial charge < -0.3 is 4.74 Å². The Bertz CT molecular complexity index is 1410. The van der Waals surface area contributed by atoms with E-state index < -0.39 is 0 Å². The summed E-state index contributed by atoms with van der Waals surface area (Å²) >= 11 is 0. The van der Waals surface area contributed by atoms with Crippen molar-refractivity contribution in [3.63, 3.8) is 0 Å². The van der Waals surface area contributed by atoms with E-state index in [9.17, 15) is 4.79 Å². The molecular weight excluding hydrogens is 382 g/mol. The number of nitrogens with zero attached hydrogens (tertiary/aromatic N) is 1. The molecule has 0 radical (unpaired) electrons. The molecule has 0 amide bonds. The van der Waals surface area contributed by atoms with Crippen molar-refractivity contribution in [2.24, 2.45) is 0 Å². The molecule has 0 N–H and O–H groups in total. The molecule has 0 atom stereocenters. The second-order valence-corrected chi connectivity index (χ2v) is 7.58. The highest BCUT2D eigenvalue weighted by Crippen LogP contribution is 2.27. The maximum Gasteiger partial charge on any atom is 0.167 e. The summed E-state index contributed by atoms with van der Waals surface area (Å²) in [5.41, 5.74) is 4.52. The molecule has 3 nitrogen and oxygen atoms in total.